The molecule has 112 valence electrons. The van der Waals surface area contributed by atoms with E-state index in [1.807, 2.05) is 31.3 Å². The maximum atomic E-state index is 9.64. The first-order valence-corrected chi connectivity index (χ1v) is 7.56. The van der Waals surface area contributed by atoms with Crippen LogP contribution in [-0.4, -0.2) is 19.1 Å². The summed E-state index contributed by atoms with van der Waals surface area (Å²) in [4.78, 5) is 4.66. The molecule has 0 aliphatic heterocycles. The molecule has 0 amide bonds. The number of nitrogens with one attached hydrogen (secondary N) is 1. The van der Waals surface area contributed by atoms with Crippen LogP contribution in [0.15, 0.2) is 24.3 Å². The number of nitriles is 1. The molecule has 1 N–H and O–H groups in total. The van der Waals surface area contributed by atoms with Crippen molar-refractivity contribution in [2.45, 2.75) is 25.7 Å². The smallest absolute Gasteiger partial charge is 0.144 e. The van der Waals surface area contributed by atoms with Crippen LogP contribution in [0.25, 0.3) is 11.1 Å². The van der Waals surface area contributed by atoms with E-state index in [-0.39, 0.29) is 0 Å². The third-order valence-corrected chi connectivity index (χ3v) is 4.20. The number of rotatable bonds is 3. The lowest BCUT2D eigenvalue weighted by molar-refractivity contribution is 0.415. The van der Waals surface area contributed by atoms with Crippen LogP contribution in [-0.2, 0) is 12.8 Å². The van der Waals surface area contributed by atoms with E-state index in [1.165, 1.54) is 5.56 Å². The molecule has 3 rings (SSSR count). The van der Waals surface area contributed by atoms with Gasteiger partial charge in [0.2, 0.25) is 0 Å². The minimum atomic E-state index is 0.633. The van der Waals surface area contributed by atoms with Crippen LogP contribution in [0, 0.1) is 11.3 Å². The van der Waals surface area contributed by atoms with Crippen LogP contribution >= 0.6 is 0 Å². The predicted octanol–water partition coefficient (Wildman–Crippen LogP) is 3.55. The number of benzene rings is 1. The third kappa shape index (κ3) is 2.39. The van der Waals surface area contributed by atoms with Crippen LogP contribution in [0.4, 0.5) is 5.82 Å². The number of aryl methyl sites for hydroxylation is 1. The maximum Gasteiger partial charge on any atom is 0.144 e. The molecule has 0 radical (unpaired) electrons. The van der Waals surface area contributed by atoms with Crippen molar-refractivity contribution in [3.63, 3.8) is 0 Å². The Labute approximate surface area is 130 Å². The van der Waals surface area contributed by atoms with E-state index in [4.69, 9.17) is 4.74 Å². The average Bonchev–Trinajstić information content (AvgIpc) is 2.60. The van der Waals surface area contributed by atoms with Crippen molar-refractivity contribution in [1.82, 2.24) is 4.98 Å². The van der Waals surface area contributed by atoms with Gasteiger partial charge in [0.05, 0.1) is 7.11 Å². The molecule has 0 unspecified atom stereocenters. The Balaban J connectivity index is 2.25. The molecule has 0 bridgehead atoms. The maximum absolute atomic E-state index is 9.64. The summed E-state index contributed by atoms with van der Waals surface area (Å²) >= 11 is 0. The van der Waals surface area contributed by atoms with Crippen molar-refractivity contribution >= 4 is 5.82 Å². The zero-order chi connectivity index (χ0) is 15.5. The molecule has 1 aromatic heterocycles. The van der Waals surface area contributed by atoms with E-state index in [1.54, 1.807) is 7.11 Å². The van der Waals surface area contributed by atoms with Gasteiger partial charge in [-0.3, -0.25) is 0 Å². The van der Waals surface area contributed by atoms with Crippen molar-refractivity contribution in [3.8, 4) is 22.9 Å². The van der Waals surface area contributed by atoms with Crippen molar-refractivity contribution < 1.29 is 4.74 Å². The normalized spacial score (nSPS) is 13.1. The zero-order valence-corrected chi connectivity index (χ0v) is 12.9. The number of aromatic nitrogens is 1. The number of methoxy groups -OCH3 is 1. The lowest BCUT2D eigenvalue weighted by Gasteiger charge is -2.22. The number of pyridine rings is 1. The predicted molar refractivity (Wildman–Crippen MR) is 87.1 cm³/mol. The third-order valence-electron chi connectivity index (χ3n) is 4.20. The number of fused-ring (bicyclic) bond motifs is 1. The number of ether oxygens (including phenoxy) is 1. The number of anilines is 1. The SMILES string of the molecule is CNc1nc2c(c(-c3ccc(OC)cc3)c1C#N)CCCC2. The van der Waals surface area contributed by atoms with Gasteiger partial charge < -0.3 is 10.1 Å². The fourth-order valence-corrected chi connectivity index (χ4v) is 3.11. The van der Waals surface area contributed by atoms with Gasteiger partial charge in [0, 0.05) is 18.3 Å². The summed E-state index contributed by atoms with van der Waals surface area (Å²) in [6.45, 7) is 0. The Kier molecular flexibility index (Phi) is 3.97. The molecule has 4 heteroatoms. The Morgan fingerprint density at radius 3 is 2.55 bits per heavy atom. The molecule has 0 saturated heterocycles. The van der Waals surface area contributed by atoms with E-state index in [9.17, 15) is 5.26 Å². The first-order valence-electron chi connectivity index (χ1n) is 7.56. The molecule has 0 fully saturated rings. The van der Waals surface area contributed by atoms with Gasteiger partial charge in [-0.05, 0) is 48.9 Å². The highest BCUT2D eigenvalue weighted by Gasteiger charge is 2.22. The van der Waals surface area contributed by atoms with Crippen molar-refractivity contribution in [1.29, 1.82) is 5.26 Å². The second-order valence-electron chi connectivity index (χ2n) is 5.43. The second kappa shape index (κ2) is 6.07. The molecule has 0 spiro atoms. The van der Waals surface area contributed by atoms with Crippen molar-refractivity contribution in [2.75, 3.05) is 19.5 Å². The summed E-state index contributed by atoms with van der Waals surface area (Å²) in [6, 6.07) is 10.2. The largest absolute Gasteiger partial charge is 0.497 e. The average molecular weight is 293 g/mol. The van der Waals surface area contributed by atoms with E-state index >= 15 is 0 Å². The standard InChI is InChI=1S/C18H19N3O/c1-20-18-15(11-19)17(12-7-9-13(22-2)10-8-12)14-5-3-4-6-16(14)21-18/h7-10H,3-6H2,1-2H3,(H,20,21). The van der Waals surface area contributed by atoms with E-state index in [0.717, 1.165) is 48.3 Å². The van der Waals surface area contributed by atoms with Gasteiger partial charge in [0.25, 0.3) is 0 Å². The number of nitrogens with zero attached hydrogens (tertiary/aromatic N) is 2. The van der Waals surface area contributed by atoms with Gasteiger partial charge in [0.15, 0.2) is 0 Å². The Hall–Kier alpha value is -2.54. The van der Waals surface area contributed by atoms with Gasteiger partial charge in [-0.15, -0.1) is 0 Å². The summed E-state index contributed by atoms with van der Waals surface area (Å²) in [5.41, 5.74) is 5.06. The van der Waals surface area contributed by atoms with Gasteiger partial charge in [-0.25, -0.2) is 4.98 Å². The van der Waals surface area contributed by atoms with Gasteiger partial charge in [-0.2, -0.15) is 5.26 Å². The highest BCUT2D eigenvalue weighted by atomic mass is 16.5. The molecule has 1 aliphatic rings. The van der Waals surface area contributed by atoms with Gasteiger partial charge in [-0.1, -0.05) is 12.1 Å². The highest BCUT2D eigenvalue weighted by molar-refractivity contribution is 5.80. The molecule has 1 aliphatic carbocycles. The van der Waals surface area contributed by atoms with E-state index < -0.39 is 0 Å². The Morgan fingerprint density at radius 2 is 1.91 bits per heavy atom. The highest BCUT2D eigenvalue weighted by Crippen LogP contribution is 2.37. The molecule has 1 heterocycles. The fourth-order valence-electron chi connectivity index (χ4n) is 3.11. The summed E-state index contributed by atoms with van der Waals surface area (Å²) in [7, 11) is 3.47. The Bertz CT molecular complexity index is 729. The van der Waals surface area contributed by atoms with Gasteiger partial charge in [0.1, 0.15) is 23.2 Å². The van der Waals surface area contributed by atoms with Crippen molar-refractivity contribution in [2.24, 2.45) is 0 Å². The molecular formula is C18H19N3O. The summed E-state index contributed by atoms with van der Waals surface area (Å²) in [5.74, 6) is 1.49. The van der Waals surface area contributed by atoms with Crippen LogP contribution in [0.5, 0.6) is 5.75 Å². The molecule has 22 heavy (non-hydrogen) atoms. The van der Waals surface area contributed by atoms with Crippen molar-refractivity contribution in [3.05, 3.63) is 41.1 Å². The van der Waals surface area contributed by atoms with E-state index in [0.29, 0.717) is 11.4 Å². The Morgan fingerprint density at radius 1 is 1.18 bits per heavy atom. The minimum Gasteiger partial charge on any atom is -0.497 e. The number of hydrogen-bond acceptors (Lipinski definition) is 4. The molecule has 0 atom stereocenters. The summed E-state index contributed by atoms with van der Waals surface area (Å²) < 4.78 is 5.23. The monoisotopic (exact) mass is 293 g/mol. The minimum absolute atomic E-state index is 0.633. The van der Waals surface area contributed by atoms with Crippen LogP contribution < -0.4 is 10.1 Å². The molecule has 1 aromatic carbocycles. The summed E-state index contributed by atoms with van der Waals surface area (Å²) in [6.07, 6.45) is 4.29. The fraction of sp³-hybridized carbons (Fsp3) is 0.333. The topological polar surface area (TPSA) is 57.9 Å². The summed E-state index contributed by atoms with van der Waals surface area (Å²) in [5, 5.41) is 12.7. The quantitative estimate of drug-likeness (QED) is 0.940. The van der Waals surface area contributed by atoms with Gasteiger partial charge >= 0.3 is 0 Å². The molecule has 2 aromatic rings. The molecular weight excluding hydrogens is 274 g/mol. The lowest BCUT2D eigenvalue weighted by atomic mass is 9.86. The number of hydrogen-bond donors (Lipinski definition) is 1. The van der Waals surface area contributed by atoms with Crippen LogP contribution in [0.3, 0.4) is 0 Å². The van der Waals surface area contributed by atoms with Crippen LogP contribution in [0.1, 0.15) is 29.7 Å². The zero-order valence-electron chi connectivity index (χ0n) is 12.9. The van der Waals surface area contributed by atoms with E-state index in [2.05, 4.69) is 16.4 Å². The lowest BCUT2D eigenvalue weighted by Crippen LogP contribution is -2.11. The second-order valence-corrected chi connectivity index (χ2v) is 5.43. The first-order chi connectivity index (χ1) is 10.8. The molecule has 4 nitrogen and oxygen atoms in total. The van der Waals surface area contributed by atoms with Crippen LogP contribution in [0.2, 0.25) is 0 Å². The molecule has 0 saturated carbocycles. The first kappa shape index (κ1) is 14.4.